The Kier molecular flexibility index (Phi) is 7.35. The van der Waals surface area contributed by atoms with E-state index < -0.39 is 29.6 Å². The number of carbonyl (C=O) groups excluding carboxylic acids is 3. The third-order valence-corrected chi connectivity index (χ3v) is 4.19. The van der Waals surface area contributed by atoms with Gasteiger partial charge in [0.1, 0.15) is 0 Å². The number of nitrogens with zero attached hydrogens (tertiary/aromatic N) is 2. The molecule has 1 aliphatic rings. The van der Waals surface area contributed by atoms with Crippen molar-refractivity contribution < 1.29 is 27.6 Å². The molecule has 0 aromatic heterocycles. The lowest BCUT2D eigenvalue weighted by atomic mass is 10.1. The van der Waals surface area contributed by atoms with Crippen LogP contribution in [0.15, 0.2) is 24.3 Å². The first-order chi connectivity index (χ1) is 13.2. The maximum Gasteiger partial charge on any atom is 0.418 e. The minimum Gasteiger partial charge on any atom is -0.341 e. The molecule has 1 saturated heterocycles. The van der Waals surface area contributed by atoms with Gasteiger partial charge in [-0.3, -0.25) is 24.7 Å². The maximum absolute atomic E-state index is 13.0. The summed E-state index contributed by atoms with van der Waals surface area (Å²) in [7, 11) is 1.40. The molecule has 154 valence electrons. The third-order valence-electron chi connectivity index (χ3n) is 4.19. The molecule has 0 atom stereocenters. The van der Waals surface area contributed by atoms with Crippen LogP contribution in [0.1, 0.15) is 5.56 Å². The second-order valence-electron chi connectivity index (χ2n) is 6.27. The predicted molar refractivity (Wildman–Crippen MR) is 95.6 cm³/mol. The van der Waals surface area contributed by atoms with Crippen molar-refractivity contribution in [2.75, 3.05) is 51.6 Å². The van der Waals surface area contributed by atoms with Gasteiger partial charge in [0, 0.05) is 33.2 Å². The number of benzene rings is 1. The Morgan fingerprint density at radius 2 is 1.50 bits per heavy atom. The first kappa shape index (κ1) is 21.6. The molecule has 1 aliphatic heterocycles. The van der Waals surface area contributed by atoms with Crippen LogP contribution in [0.25, 0.3) is 0 Å². The first-order valence-electron chi connectivity index (χ1n) is 8.61. The SMILES string of the molecule is CNC(=O)NC(=O)CN1CCN(CC(=O)Nc2ccccc2C(F)(F)F)CC1. The highest BCUT2D eigenvalue weighted by atomic mass is 19.4. The molecule has 0 radical (unpaired) electrons. The van der Waals surface area contributed by atoms with Crippen LogP contribution in [0.2, 0.25) is 0 Å². The van der Waals surface area contributed by atoms with Gasteiger partial charge in [-0.05, 0) is 12.1 Å². The summed E-state index contributed by atoms with van der Waals surface area (Å²) in [5.41, 5.74) is -1.17. The molecule has 0 spiro atoms. The summed E-state index contributed by atoms with van der Waals surface area (Å²) in [5, 5.41) is 6.76. The van der Waals surface area contributed by atoms with Crippen molar-refractivity contribution in [2.45, 2.75) is 6.18 Å². The lowest BCUT2D eigenvalue weighted by Gasteiger charge is -2.33. The fraction of sp³-hybridized carbons (Fsp3) is 0.471. The molecular formula is C17H22F3N5O3. The zero-order valence-corrected chi connectivity index (χ0v) is 15.3. The van der Waals surface area contributed by atoms with E-state index in [1.54, 1.807) is 4.90 Å². The van der Waals surface area contributed by atoms with E-state index >= 15 is 0 Å². The predicted octanol–water partition coefficient (Wildman–Crippen LogP) is 0.717. The van der Waals surface area contributed by atoms with Crippen molar-refractivity contribution in [1.29, 1.82) is 0 Å². The smallest absolute Gasteiger partial charge is 0.341 e. The molecular weight excluding hydrogens is 379 g/mol. The summed E-state index contributed by atoms with van der Waals surface area (Å²) < 4.78 is 38.9. The van der Waals surface area contributed by atoms with Crippen molar-refractivity contribution in [3.8, 4) is 0 Å². The van der Waals surface area contributed by atoms with Gasteiger partial charge in [0.05, 0.1) is 24.3 Å². The van der Waals surface area contributed by atoms with Gasteiger partial charge in [0.15, 0.2) is 0 Å². The van der Waals surface area contributed by atoms with Gasteiger partial charge in [0.25, 0.3) is 0 Å². The van der Waals surface area contributed by atoms with E-state index in [1.807, 2.05) is 4.90 Å². The van der Waals surface area contributed by atoms with Gasteiger partial charge in [-0.1, -0.05) is 12.1 Å². The van der Waals surface area contributed by atoms with Crippen LogP contribution >= 0.6 is 0 Å². The number of urea groups is 1. The van der Waals surface area contributed by atoms with Crippen molar-refractivity contribution in [3.63, 3.8) is 0 Å². The number of hydrogen-bond donors (Lipinski definition) is 3. The topological polar surface area (TPSA) is 93.8 Å². The Morgan fingerprint density at radius 3 is 2.04 bits per heavy atom. The van der Waals surface area contributed by atoms with E-state index in [-0.39, 0.29) is 18.8 Å². The van der Waals surface area contributed by atoms with Crippen LogP contribution in [-0.2, 0) is 15.8 Å². The van der Waals surface area contributed by atoms with Crippen LogP contribution in [-0.4, -0.2) is 74.0 Å². The zero-order chi connectivity index (χ0) is 20.7. The largest absolute Gasteiger partial charge is 0.418 e. The molecule has 1 fully saturated rings. The molecule has 0 saturated carbocycles. The Balaban J connectivity index is 1.80. The molecule has 1 heterocycles. The number of carbonyl (C=O) groups is 3. The fourth-order valence-corrected chi connectivity index (χ4v) is 2.77. The molecule has 1 aromatic carbocycles. The van der Waals surface area contributed by atoms with Crippen molar-refractivity contribution >= 4 is 23.5 Å². The molecule has 2 rings (SSSR count). The number of hydrogen-bond acceptors (Lipinski definition) is 5. The number of alkyl halides is 3. The molecule has 8 nitrogen and oxygen atoms in total. The average molecular weight is 401 g/mol. The van der Waals surface area contributed by atoms with Crippen molar-refractivity contribution in [1.82, 2.24) is 20.4 Å². The van der Waals surface area contributed by atoms with Gasteiger partial charge in [-0.15, -0.1) is 0 Å². The zero-order valence-electron chi connectivity index (χ0n) is 15.3. The van der Waals surface area contributed by atoms with Gasteiger partial charge in [0.2, 0.25) is 11.8 Å². The molecule has 11 heteroatoms. The van der Waals surface area contributed by atoms with Gasteiger partial charge >= 0.3 is 12.2 Å². The highest BCUT2D eigenvalue weighted by Gasteiger charge is 2.33. The van der Waals surface area contributed by atoms with Gasteiger partial charge in [-0.25, -0.2) is 4.79 Å². The van der Waals surface area contributed by atoms with Crippen LogP contribution < -0.4 is 16.0 Å². The molecule has 1 aromatic rings. The van der Waals surface area contributed by atoms with Crippen LogP contribution in [0, 0.1) is 0 Å². The van der Waals surface area contributed by atoms with Crippen molar-refractivity contribution in [2.24, 2.45) is 0 Å². The van der Waals surface area contributed by atoms with Crippen LogP contribution in [0.3, 0.4) is 0 Å². The van der Waals surface area contributed by atoms with E-state index in [0.29, 0.717) is 26.2 Å². The number of anilines is 1. The minimum atomic E-state index is -4.55. The number of amides is 4. The highest BCUT2D eigenvalue weighted by Crippen LogP contribution is 2.34. The number of piperazine rings is 1. The Hall–Kier alpha value is -2.66. The second-order valence-corrected chi connectivity index (χ2v) is 6.27. The van der Waals surface area contributed by atoms with E-state index in [0.717, 1.165) is 6.07 Å². The second kappa shape index (κ2) is 9.51. The third kappa shape index (κ3) is 6.50. The molecule has 4 amide bonds. The van der Waals surface area contributed by atoms with Gasteiger partial charge < -0.3 is 10.6 Å². The minimum absolute atomic E-state index is 0.0480. The van der Waals surface area contributed by atoms with Gasteiger partial charge in [-0.2, -0.15) is 13.2 Å². The van der Waals surface area contributed by atoms with E-state index in [1.165, 1.54) is 25.2 Å². The summed E-state index contributed by atoms with van der Waals surface area (Å²) >= 11 is 0. The summed E-state index contributed by atoms with van der Waals surface area (Å²) in [4.78, 5) is 38.5. The summed E-state index contributed by atoms with van der Waals surface area (Å²) in [6.45, 7) is 1.93. The lowest BCUT2D eigenvalue weighted by Crippen LogP contribution is -2.52. The average Bonchev–Trinajstić information content (AvgIpc) is 2.62. The molecule has 3 N–H and O–H groups in total. The molecule has 0 bridgehead atoms. The number of rotatable bonds is 5. The summed E-state index contributed by atoms with van der Waals surface area (Å²) in [6, 6.07) is 4.23. The van der Waals surface area contributed by atoms with E-state index in [9.17, 15) is 27.6 Å². The number of imide groups is 1. The molecule has 0 unspecified atom stereocenters. The van der Waals surface area contributed by atoms with Crippen molar-refractivity contribution in [3.05, 3.63) is 29.8 Å². The Labute approximate surface area is 160 Å². The number of nitrogens with one attached hydrogen (secondary N) is 3. The van der Waals surface area contributed by atoms with Crippen LogP contribution in [0.4, 0.5) is 23.7 Å². The quantitative estimate of drug-likeness (QED) is 0.676. The standard InChI is InChI=1S/C17H22F3N5O3/c1-21-16(28)23-15(27)11-25-8-6-24(7-9-25)10-14(26)22-13-5-3-2-4-12(13)17(18,19)20/h2-5H,6-11H2,1H3,(H,22,26)(H2,21,23,27,28). The highest BCUT2D eigenvalue weighted by molar-refractivity contribution is 5.95. The molecule has 28 heavy (non-hydrogen) atoms. The Bertz CT molecular complexity index is 718. The first-order valence-corrected chi connectivity index (χ1v) is 8.61. The van der Waals surface area contributed by atoms with E-state index in [4.69, 9.17) is 0 Å². The molecule has 0 aliphatic carbocycles. The maximum atomic E-state index is 13.0. The number of halogens is 3. The summed E-state index contributed by atoms with van der Waals surface area (Å²) in [5.74, 6) is -0.975. The van der Waals surface area contributed by atoms with E-state index in [2.05, 4.69) is 16.0 Å². The lowest BCUT2D eigenvalue weighted by molar-refractivity contribution is -0.137. The summed E-state index contributed by atoms with van der Waals surface area (Å²) in [6.07, 6.45) is -4.55. The monoisotopic (exact) mass is 401 g/mol. The normalized spacial score (nSPS) is 15.7. The Morgan fingerprint density at radius 1 is 0.964 bits per heavy atom. The van der Waals surface area contributed by atoms with Crippen LogP contribution in [0.5, 0.6) is 0 Å². The fourth-order valence-electron chi connectivity index (χ4n) is 2.77. The number of para-hydroxylation sites is 1.